The molecule has 1 aromatic carbocycles. The molecule has 1 aromatic rings. The van der Waals surface area contributed by atoms with E-state index in [-0.39, 0.29) is 37.7 Å². The maximum atomic E-state index is 12.7. The van der Waals surface area contributed by atoms with Crippen LogP contribution in [0.3, 0.4) is 0 Å². The molecule has 0 saturated carbocycles. The number of halogens is 1. The molecule has 24 heavy (non-hydrogen) atoms. The molecule has 0 aliphatic carbocycles. The number of benzene rings is 1. The van der Waals surface area contributed by atoms with Crippen molar-refractivity contribution < 1.29 is 35.8 Å². The van der Waals surface area contributed by atoms with Crippen molar-refractivity contribution in [3.63, 3.8) is 0 Å². The number of rotatable bonds is 8. The van der Waals surface area contributed by atoms with Crippen molar-refractivity contribution in [2.45, 2.75) is 36.8 Å². The van der Waals surface area contributed by atoms with E-state index in [9.17, 15) is 9.90 Å². The van der Waals surface area contributed by atoms with Gasteiger partial charge in [0.2, 0.25) is 0 Å². The van der Waals surface area contributed by atoms with Gasteiger partial charge in [0.15, 0.2) is 0 Å². The van der Waals surface area contributed by atoms with E-state index in [0.717, 1.165) is 25.1 Å². The summed E-state index contributed by atoms with van der Waals surface area (Å²) in [4.78, 5) is 14.7. The van der Waals surface area contributed by atoms with Gasteiger partial charge >= 0.3 is 155 Å². The predicted molar refractivity (Wildman–Crippen MR) is 90.9 cm³/mol. The quantitative estimate of drug-likeness (QED) is 0.291. The number of methoxy groups -OCH3 is 1. The second-order valence-electron chi connectivity index (χ2n) is 6.06. The molecule has 2 unspecified atom stereocenters. The van der Waals surface area contributed by atoms with Gasteiger partial charge in [-0.15, -0.1) is 0 Å². The van der Waals surface area contributed by atoms with Crippen LogP contribution in [0.25, 0.3) is 0 Å². The number of carbonyl (C=O) groups is 1. The standard InChI is InChI=1S/C18H28IN2O3/c1-4-8-19-18-16-10-15(24-3)6-5-14(16)7-9-21(18)17(23)12-20-11-13(2)22/h5-6,10,13,18,20,22H,4,7-9,11-12H2,1-3H3/q-1. The first-order chi connectivity index (χ1) is 11.6. The molecule has 2 atom stereocenters. The molecule has 0 aromatic heterocycles. The van der Waals surface area contributed by atoms with Crippen molar-refractivity contribution in [2.24, 2.45) is 0 Å². The van der Waals surface area contributed by atoms with Crippen molar-refractivity contribution in [2.75, 3.05) is 31.2 Å². The van der Waals surface area contributed by atoms with Crippen LogP contribution >= 0.6 is 0 Å². The Kier molecular flexibility index (Phi) is 7.77. The first-order valence-electron chi connectivity index (χ1n) is 8.49. The van der Waals surface area contributed by atoms with Crippen LogP contribution in [0.5, 0.6) is 5.75 Å². The maximum absolute atomic E-state index is 12.7. The van der Waals surface area contributed by atoms with Gasteiger partial charge in [-0.25, -0.2) is 0 Å². The van der Waals surface area contributed by atoms with E-state index >= 15 is 0 Å². The van der Waals surface area contributed by atoms with Crippen LogP contribution in [-0.2, 0) is 11.2 Å². The van der Waals surface area contributed by atoms with Gasteiger partial charge in [-0.3, -0.25) is 0 Å². The van der Waals surface area contributed by atoms with E-state index in [2.05, 4.69) is 24.4 Å². The van der Waals surface area contributed by atoms with E-state index in [1.54, 1.807) is 14.0 Å². The van der Waals surface area contributed by atoms with E-state index in [4.69, 9.17) is 4.74 Å². The van der Waals surface area contributed by atoms with Crippen molar-refractivity contribution >= 4 is 5.91 Å². The Balaban J connectivity index is 2.16. The first kappa shape index (κ1) is 19.5. The molecular weight excluding hydrogens is 419 g/mol. The predicted octanol–water partition coefficient (Wildman–Crippen LogP) is -1.45. The summed E-state index contributed by atoms with van der Waals surface area (Å²) in [5.41, 5.74) is 2.61. The van der Waals surface area contributed by atoms with Gasteiger partial charge in [-0.1, -0.05) is 0 Å². The van der Waals surface area contributed by atoms with E-state index < -0.39 is 6.10 Å². The minimum absolute atomic E-state index is 0.130. The number of hydrogen-bond acceptors (Lipinski definition) is 4. The summed E-state index contributed by atoms with van der Waals surface area (Å²) in [7, 11) is 1.68. The van der Waals surface area contributed by atoms with Crippen LogP contribution in [0.2, 0.25) is 0 Å². The minimum atomic E-state index is -0.438. The van der Waals surface area contributed by atoms with Crippen LogP contribution in [0, 0.1) is 0 Å². The summed E-state index contributed by atoms with van der Waals surface area (Å²) >= 11 is -0.133. The van der Waals surface area contributed by atoms with E-state index in [1.165, 1.54) is 15.6 Å². The van der Waals surface area contributed by atoms with Crippen molar-refractivity contribution in [1.82, 2.24) is 10.2 Å². The molecule has 0 radical (unpaired) electrons. The Labute approximate surface area is 155 Å². The second kappa shape index (κ2) is 9.58. The molecule has 2 rings (SSSR count). The molecule has 1 amide bonds. The van der Waals surface area contributed by atoms with Gasteiger partial charge in [0.1, 0.15) is 0 Å². The van der Waals surface area contributed by atoms with E-state index in [0.29, 0.717) is 6.54 Å². The van der Waals surface area contributed by atoms with Gasteiger partial charge in [0, 0.05) is 0 Å². The molecule has 5 nitrogen and oxygen atoms in total. The van der Waals surface area contributed by atoms with Gasteiger partial charge in [-0.05, 0) is 0 Å². The Morgan fingerprint density at radius 2 is 2.33 bits per heavy atom. The second-order valence-corrected chi connectivity index (χ2v) is 9.20. The topological polar surface area (TPSA) is 61.8 Å². The normalized spacial score (nSPS) is 18.3. The van der Waals surface area contributed by atoms with Crippen LogP contribution in [0.15, 0.2) is 18.2 Å². The van der Waals surface area contributed by atoms with Crippen molar-refractivity contribution in [3.8, 4) is 5.75 Å². The number of aliphatic hydroxyl groups excluding tert-OH is 1. The Bertz CT molecular complexity index is 551. The fourth-order valence-electron chi connectivity index (χ4n) is 2.79. The first-order valence-corrected chi connectivity index (χ1v) is 11.3. The summed E-state index contributed by atoms with van der Waals surface area (Å²) in [6, 6.07) is 6.26. The molecule has 2 N–H and O–H groups in total. The van der Waals surface area contributed by atoms with Crippen LogP contribution in [-0.4, -0.2) is 53.2 Å². The van der Waals surface area contributed by atoms with Crippen LogP contribution in [0.4, 0.5) is 0 Å². The summed E-state index contributed by atoms with van der Waals surface area (Å²) in [6.07, 6.45) is 1.62. The fraction of sp³-hybridized carbons (Fsp3) is 0.611. The Morgan fingerprint density at radius 3 is 3.00 bits per heavy atom. The number of ether oxygens (including phenoxy) is 1. The monoisotopic (exact) mass is 447 g/mol. The Hall–Kier alpha value is -0.860. The number of aliphatic hydroxyl groups is 1. The van der Waals surface area contributed by atoms with Gasteiger partial charge in [0.05, 0.1) is 0 Å². The van der Waals surface area contributed by atoms with Crippen LogP contribution < -0.4 is 31.3 Å². The third-order valence-electron chi connectivity index (χ3n) is 3.99. The van der Waals surface area contributed by atoms with Crippen molar-refractivity contribution in [1.29, 1.82) is 0 Å². The number of alkyl halides is 2. The number of nitrogens with one attached hydrogen (secondary N) is 1. The Morgan fingerprint density at radius 1 is 1.54 bits per heavy atom. The van der Waals surface area contributed by atoms with Gasteiger partial charge in [0.25, 0.3) is 0 Å². The fourth-order valence-corrected chi connectivity index (χ4v) is 6.12. The van der Waals surface area contributed by atoms with E-state index in [1.807, 2.05) is 11.0 Å². The molecule has 0 saturated heterocycles. The number of hydrogen-bond donors (Lipinski definition) is 2. The number of fused-ring (bicyclic) bond motifs is 1. The molecule has 1 heterocycles. The molecule has 0 spiro atoms. The summed E-state index contributed by atoms with van der Waals surface area (Å²) in [5, 5.41) is 12.4. The third kappa shape index (κ3) is 5.07. The molecule has 0 fully saturated rings. The molecular formula is C18H28IN2O3-. The molecule has 6 heteroatoms. The number of amides is 1. The van der Waals surface area contributed by atoms with Gasteiger partial charge in [-0.2, -0.15) is 0 Å². The molecule has 136 valence electrons. The molecule has 0 bridgehead atoms. The summed E-state index contributed by atoms with van der Waals surface area (Å²) in [6.45, 7) is 5.43. The number of nitrogens with zero attached hydrogens (tertiary/aromatic N) is 1. The zero-order chi connectivity index (χ0) is 17.5. The van der Waals surface area contributed by atoms with Crippen molar-refractivity contribution in [3.05, 3.63) is 29.3 Å². The van der Waals surface area contributed by atoms with Crippen LogP contribution in [0.1, 0.15) is 35.4 Å². The summed E-state index contributed by atoms with van der Waals surface area (Å²) < 4.78 is 6.81. The third-order valence-corrected chi connectivity index (χ3v) is 7.87. The zero-order valence-corrected chi connectivity index (χ0v) is 16.9. The molecule has 1 aliphatic rings. The zero-order valence-electron chi connectivity index (χ0n) is 14.7. The summed E-state index contributed by atoms with van der Waals surface area (Å²) in [5.74, 6) is 0.991. The average molecular weight is 447 g/mol. The molecule has 1 aliphatic heterocycles. The number of carbonyl (C=O) groups excluding carboxylic acids is 1. The average Bonchev–Trinajstić information content (AvgIpc) is 2.58. The SMILES string of the molecule is CCC[I-]C1c2cc(OC)ccc2CCN1C(=O)CNCC(C)O. The van der Waals surface area contributed by atoms with Gasteiger partial charge < -0.3 is 0 Å².